The molecule has 0 aromatic rings. The lowest BCUT2D eigenvalue weighted by atomic mass is 9.58. The highest BCUT2D eigenvalue weighted by Crippen LogP contribution is 2.51. The van der Waals surface area contributed by atoms with Gasteiger partial charge in [-0.25, -0.2) is 0 Å². The number of aliphatic carboxylic acids is 1. The summed E-state index contributed by atoms with van der Waals surface area (Å²) in [4.78, 5) is 17.5. The number of hydrogen-bond acceptors (Lipinski definition) is 5. The SMILES string of the molecule is CCC1=CC=C(C)C(CN2CCOCC2)(C(=O)O)C1(C)N1CCOCC1. The fourth-order valence-electron chi connectivity index (χ4n) is 4.95. The Kier molecular flexibility index (Phi) is 5.87. The summed E-state index contributed by atoms with van der Waals surface area (Å²) < 4.78 is 11.0. The third kappa shape index (κ3) is 3.03. The van der Waals surface area contributed by atoms with Gasteiger partial charge >= 0.3 is 5.97 Å². The van der Waals surface area contributed by atoms with Crippen LogP contribution in [0.15, 0.2) is 23.3 Å². The number of allylic oxidation sites excluding steroid dienone is 2. The number of carboxylic acids is 1. The van der Waals surface area contributed by atoms with Crippen molar-refractivity contribution in [2.45, 2.75) is 32.7 Å². The number of rotatable bonds is 5. The summed E-state index contributed by atoms with van der Waals surface area (Å²) in [5.74, 6) is -0.731. The molecule has 2 unspecified atom stereocenters. The molecular formula is C20H32N2O4. The maximum atomic E-state index is 12.9. The van der Waals surface area contributed by atoms with Crippen molar-refractivity contribution >= 4 is 5.97 Å². The van der Waals surface area contributed by atoms with Crippen molar-refractivity contribution < 1.29 is 19.4 Å². The average molecular weight is 364 g/mol. The Labute approximate surface area is 156 Å². The summed E-state index contributed by atoms with van der Waals surface area (Å²) in [5, 5.41) is 10.6. The van der Waals surface area contributed by atoms with Crippen LogP contribution in [0.25, 0.3) is 0 Å². The van der Waals surface area contributed by atoms with Crippen molar-refractivity contribution in [3.05, 3.63) is 23.3 Å². The largest absolute Gasteiger partial charge is 0.480 e. The van der Waals surface area contributed by atoms with Crippen LogP contribution in [0.2, 0.25) is 0 Å². The molecule has 0 radical (unpaired) electrons. The minimum atomic E-state index is -0.970. The maximum Gasteiger partial charge on any atom is 0.317 e. The van der Waals surface area contributed by atoms with E-state index in [1.807, 2.05) is 13.0 Å². The van der Waals surface area contributed by atoms with Crippen LogP contribution in [0.5, 0.6) is 0 Å². The molecule has 26 heavy (non-hydrogen) atoms. The molecule has 3 aliphatic rings. The Morgan fingerprint density at radius 3 is 2.23 bits per heavy atom. The van der Waals surface area contributed by atoms with Crippen LogP contribution >= 0.6 is 0 Å². The molecule has 0 spiro atoms. The highest BCUT2D eigenvalue weighted by molar-refractivity contribution is 5.83. The number of carbonyl (C=O) groups is 1. The minimum Gasteiger partial charge on any atom is -0.480 e. The molecule has 1 N–H and O–H groups in total. The highest BCUT2D eigenvalue weighted by atomic mass is 16.5. The molecule has 0 amide bonds. The predicted octanol–water partition coefficient (Wildman–Crippen LogP) is 1.78. The fourth-order valence-corrected chi connectivity index (χ4v) is 4.95. The third-order valence-electron chi connectivity index (χ3n) is 6.62. The van der Waals surface area contributed by atoms with E-state index in [2.05, 4.69) is 29.7 Å². The van der Waals surface area contributed by atoms with Crippen LogP contribution in [0.1, 0.15) is 27.2 Å². The first kappa shape index (κ1) is 19.5. The molecule has 2 atom stereocenters. The van der Waals surface area contributed by atoms with Gasteiger partial charge in [0.05, 0.1) is 32.0 Å². The number of nitrogens with zero attached hydrogens (tertiary/aromatic N) is 2. The Morgan fingerprint density at radius 1 is 1.12 bits per heavy atom. The van der Waals surface area contributed by atoms with Gasteiger partial charge in [-0.3, -0.25) is 14.6 Å². The summed E-state index contributed by atoms with van der Waals surface area (Å²) >= 11 is 0. The second kappa shape index (κ2) is 7.80. The number of morpholine rings is 2. The molecular weight excluding hydrogens is 332 g/mol. The Balaban J connectivity index is 2.08. The van der Waals surface area contributed by atoms with E-state index >= 15 is 0 Å². The first-order chi connectivity index (χ1) is 12.5. The van der Waals surface area contributed by atoms with Crippen molar-refractivity contribution in [2.75, 3.05) is 59.2 Å². The molecule has 0 bridgehead atoms. The van der Waals surface area contributed by atoms with Gasteiger partial charge in [0.2, 0.25) is 0 Å². The van der Waals surface area contributed by atoms with E-state index in [9.17, 15) is 9.90 Å². The second-order valence-corrected chi connectivity index (χ2v) is 7.67. The van der Waals surface area contributed by atoms with Crippen LogP contribution in [-0.2, 0) is 14.3 Å². The topological polar surface area (TPSA) is 62.2 Å². The van der Waals surface area contributed by atoms with Crippen molar-refractivity contribution in [2.24, 2.45) is 5.41 Å². The zero-order valence-electron chi connectivity index (χ0n) is 16.3. The van der Waals surface area contributed by atoms with Crippen LogP contribution in [0.4, 0.5) is 0 Å². The third-order valence-corrected chi connectivity index (χ3v) is 6.62. The van der Waals surface area contributed by atoms with E-state index in [0.717, 1.165) is 38.2 Å². The van der Waals surface area contributed by atoms with Gasteiger partial charge in [0.15, 0.2) is 0 Å². The zero-order chi connectivity index (χ0) is 18.8. The van der Waals surface area contributed by atoms with Crippen molar-refractivity contribution in [1.82, 2.24) is 9.80 Å². The molecule has 0 aromatic carbocycles. The van der Waals surface area contributed by atoms with Gasteiger partial charge in [-0.15, -0.1) is 0 Å². The summed E-state index contributed by atoms with van der Waals surface area (Å²) in [5.41, 5.74) is 0.597. The minimum absolute atomic E-state index is 0.513. The molecule has 1 aliphatic carbocycles. The Bertz CT molecular complexity index is 591. The molecule has 2 saturated heterocycles. The van der Waals surface area contributed by atoms with Gasteiger partial charge in [-0.05, 0) is 25.8 Å². The number of carboxylic acid groups (broad SMARTS) is 1. The summed E-state index contributed by atoms with van der Waals surface area (Å²) in [7, 11) is 0. The molecule has 0 aromatic heterocycles. The van der Waals surface area contributed by atoms with E-state index in [1.165, 1.54) is 5.57 Å². The van der Waals surface area contributed by atoms with Gasteiger partial charge in [0.1, 0.15) is 5.41 Å². The average Bonchev–Trinajstić information content (AvgIpc) is 2.66. The highest BCUT2D eigenvalue weighted by Gasteiger charge is 2.61. The molecule has 2 aliphatic heterocycles. The molecule has 2 fully saturated rings. The lowest BCUT2D eigenvalue weighted by molar-refractivity contribution is -0.160. The molecule has 2 heterocycles. The van der Waals surface area contributed by atoms with Gasteiger partial charge in [0.25, 0.3) is 0 Å². The lowest BCUT2D eigenvalue weighted by Crippen LogP contribution is -2.69. The Morgan fingerprint density at radius 2 is 1.69 bits per heavy atom. The van der Waals surface area contributed by atoms with Crippen LogP contribution in [0, 0.1) is 5.41 Å². The first-order valence-electron chi connectivity index (χ1n) is 9.71. The van der Waals surface area contributed by atoms with E-state index < -0.39 is 16.9 Å². The van der Waals surface area contributed by atoms with E-state index in [1.54, 1.807) is 0 Å². The number of hydrogen-bond donors (Lipinski definition) is 1. The van der Waals surface area contributed by atoms with E-state index in [-0.39, 0.29) is 0 Å². The summed E-state index contributed by atoms with van der Waals surface area (Å²) in [6, 6.07) is 0. The van der Waals surface area contributed by atoms with E-state index in [4.69, 9.17) is 9.47 Å². The summed E-state index contributed by atoms with van der Waals surface area (Å²) in [6.45, 7) is 12.5. The predicted molar refractivity (Wildman–Crippen MR) is 100 cm³/mol. The fraction of sp³-hybridized carbons (Fsp3) is 0.750. The number of ether oxygens (including phenoxy) is 2. The first-order valence-corrected chi connectivity index (χ1v) is 9.71. The van der Waals surface area contributed by atoms with Crippen molar-refractivity contribution in [1.29, 1.82) is 0 Å². The molecule has 3 rings (SSSR count). The maximum absolute atomic E-state index is 12.9. The van der Waals surface area contributed by atoms with Crippen molar-refractivity contribution in [3.8, 4) is 0 Å². The molecule has 146 valence electrons. The van der Waals surface area contributed by atoms with E-state index in [0.29, 0.717) is 33.0 Å². The van der Waals surface area contributed by atoms with Crippen LogP contribution in [-0.4, -0.2) is 85.6 Å². The second-order valence-electron chi connectivity index (χ2n) is 7.67. The standard InChI is InChI=1S/C20H32N2O4/c1-4-17-6-5-16(2)20(18(23)24,15-21-7-11-25-12-8-21)19(17,3)22-9-13-26-14-10-22/h5-6H,4,7-15H2,1-3H3,(H,23,24). The molecule has 6 nitrogen and oxygen atoms in total. The summed E-state index contributed by atoms with van der Waals surface area (Å²) in [6.07, 6.45) is 5.01. The van der Waals surface area contributed by atoms with Gasteiger partial charge in [0, 0.05) is 32.7 Å². The monoisotopic (exact) mass is 364 g/mol. The quantitative estimate of drug-likeness (QED) is 0.802. The van der Waals surface area contributed by atoms with Gasteiger partial charge < -0.3 is 14.6 Å². The molecule has 6 heteroatoms. The lowest BCUT2D eigenvalue weighted by Gasteiger charge is -2.57. The molecule has 0 saturated carbocycles. The normalized spacial score (nSPS) is 34.3. The van der Waals surface area contributed by atoms with Crippen molar-refractivity contribution in [3.63, 3.8) is 0 Å². The zero-order valence-corrected chi connectivity index (χ0v) is 16.3. The Hall–Kier alpha value is -1.21. The smallest absolute Gasteiger partial charge is 0.317 e. The van der Waals surface area contributed by atoms with Crippen LogP contribution < -0.4 is 0 Å². The van der Waals surface area contributed by atoms with Gasteiger partial charge in [-0.2, -0.15) is 0 Å². The van der Waals surface area contributed by atoms with Crippen LogP contribution in [0.3, 0.4) is 0 Å². The van der Waals surface area contributed by atoms with Gasteiger partial charge in [-0.1, -0.05) is 24.6 Å².